The smallest absolute Gasteiger partial charge is 0.191 e. The highest BCUT2D eigenvalue weighted by atomic mass is 32.1. The minimum absolute atomic E-state index is 0.740. The van der Waals surface area contributed by atoms with Gasteiger partial charge in [-0.1, -0.05) is 30.3 Å². The molecule has 0 aliphatic carbocycles. The van der Waals surface area contributed by atoms with E-state index in [2.05, 4.69) is 32.7 Å². The molecule has 1 aromatic heterocycles. The van der Waals surface area contributed by atoms with Gasteiger partial charge >= 0.3 is 0 Å². The Hall–Kier alpha value is -1.88. The highest BCUT2D eigenvalue weighted by molar-refractivity contribution is 7.15. The number of benzene rings is 1. The van der Waals surface area contributed by atoms with Crippen molar-refractivity contribution in [1.29, 1.82) is 0 Å². The van der Waals surface area contributed by atoms with Crippen molar-refractivity contribution < 1.29 is 0 Å². The van der Waals surface area contributed by atoms with Crippen molar-refractivity contribution in [2.24, 2.45) is 4.99 Å². The molecule has 2 N–H and O–H groups in total. The van der Waals surface area contributed by atoms with Crippen LogP contribution in [-0.4, -0.2) is 25.0 Å². The molecule has 0 radical (unpaired) electrons. The molecule has 0 unspecified atom stereocenters. The molecule has 0 bridgehead atoms. The Bertz CT molecular complexity index is 560. The van der Waals surface area contributed by atoms with Crippen LogP contribution in [0.3, 0.4) is 0 Å². The summed E-state index contributed by atoms with van der Waals surface area (Å²) in [5.74, 6) is 0.786. The Morgan fingerprint density at radius 3 is 2.68 bits per heavy atom. The molecule has 0 saturated carbocycles. The van der Waals surface area contributed by atoms with E-state index in [0.29, 0.717) is 0 Å². The molecule has 2 rings (SSSR count). The van der Waals surface area contributed by atoms with E-state index in [1.807, 2.05) is 32.2 Å². The second kappa shape index (κ2) is 6.33. The van der Waals surface area contributed by atoms with Gasteiger partial charge in [-0.25, -0.2) is 4.98 Å². The minimum atomic E-state index is 0.740. The van der Waals surface area contributed by atoms with Crippen LogP contribution in [0.1, 0.15) is 10.6 Å². The molecular formula is C14H18N4S. The molecule has 1 aromatic carbocycles. The summed E-state index contributed by atoms with van der Waals surface area (Å²) in [7, 11) is 3.61. The molecular weight excluding hydrogens is 256 g/mol. The lowest BCUT2D eigenvalue weighted by atomic mass is 10.2. The van der Waals surface area contributed by atoms with Crippen molar-refractivity contribution in [3.05, 3.63) is 40.9 Å². The zero-order chi connectivity index (χ0) is 13.7. The van der Waals surface area contributed by atoms with Crippen LogP contribution in [-0.2, 0) is 6.54 Å². The monoisotopic (exact) mass is 274 g/mol. The summed E-state index contributed by atoms with van der Waals surface area (Å²) in [5, 5.41) is 7.32. The van der Waals surface area contributed by atoms with E-state index in [1.54, 1.807) is 18.4 Å². The Kier molecular flexibility index (Phi) is 4.52. The third kappa shape index (κ3) is 3.32. The first kappa shape index (κ1) is 13.5. The summed E-state index contributed by atoms with van der Waals surface area (Å²) < 4.78 is 0. The van der Waals surface area contributed by atoms with E-state index in [9.17, 15) is 0 Å². The Labute approximate surface area is 117 Å². The number of hydrogen-bond donors (Lipinski definition) is 2. The van der Waals surface area contributed by atoms with Crippen LogP contribution in [0.15, 0.2) is 35.3 Å². The number of guanidine groups is 1. The SMILES string of the molecule is CN=C(NC)NCc1sc(-c2ccccc2)nc1C. The molecule has 19 heavy (non-hydrogen) atoms. The van der Waals surface area contributed by atoms with Crippen molar-refractivity contribution in [3.8, 4) is 10.6 Å². The van der Waals surface area contributed by atoms with Gasteiger partial charge in [-0.3, -0.25) is 4.99 Å². The summed E-state index contributed by atoms with van der Waals surface area (Å²) in [6.07, 6.45) is 0. The second-order valence-corrected chi connectivity index (χ2v) is 5.15. The predicted octanol–water partition coefficient (Wildman–Crippen LogP) is 2.41. The van der Waals surface area contributed by atoms with Gasteiger partial charge in [0.2, 0.25) is 0 Å². The van der Waals surface area contributed by atoms with Crippen LogP contribution in [0.4, 0.5) is 0 Å². The predicted molar refractivity (Wildman–Crippen MR) is 81.5 cm³/mol. The largest absolute Gasteiger partial charge is 0.359 e. The number of hydrogen-bond acceptors (Lipinski definition) is 3. The number of aryl methyl sites for hydroxylation is 1. The zero-order valence-corrected chi connectivity index (χ0v) is 12.2. The van der Waals surface area contributed by atoms with Crippen LogP contribution in [0.2, 0.25) is 0 Å². The molecule has 100 valence electrons. The van der Waals surface area contributed by atoms with Crippen LogP contribution in [0, 0.1) is 6.92 Å². The van der Waals surface area contributed by atoms with E-state index >= 15 is 0 Å². The summed E-state index contributed by atoms with van der Waals surface area (Å²) in [6.45, 7) is 2.78. The molecule has 0 spiro atoms. The maximum Gasteiger partial charge on any atom is 0.191 e. The highest BCUT2D eigenvalue weighted by Crippen LogP contribution is 2.27. The fraction of sp³-hybridized carbons (Fsp3) is 0.286. The third-order valence-corrected chi connectivity index (χ3v) is 4.00. The number of rotatable bonds is 3. The first-order valence-corrected chi connectivity index (χ1v) is 6.96. The number of aliphatic imine (C=N–C) groups is 1. The molecule has 0 fully saturated rings. The summed E-state index contributed by atoms with van der Waals surface area (Å²) in [6, 6.07) is 10.3. The van der Waals surface area contributed by atoms with Gasteiger partial charge in [0.25, 0.3) is 0 Å². The van der Waals surface area contributed by atoms with Crippen LogP contribution in [0.25, 0.3) is 10.6 Å². The Morgan fingerprint density at radius 2 is 2.05 bits per heavy atom. The first-order valence-electron chi connectivity index (χ1n) is 6.14. The van der Waals surface area contributed by atoms with E-state index in [-0.39, 0.29) is 0 Å². The van der Waals surface area contributed by atoms with Crippen molar-refractivity contribution >= 4 is 17.3 Å². The van der Waals surface area contributed by atoms with Crippen molar-refractivity contribution in [1.82, 2.24) is 15.6 Å². The molecule has 1 heterocycles. The molecule has 2 aromatic rings. The van der Waals surface area contributed by atoms with Gasteiger partial charge in [0.15, 0.2) is 5.96 Å². The summed E-state index contributed by atoms with van der Waals surface area (Å²) in [4.78, 5) is 9.96. The Balaban J connectivity index is 2.14. The number of aromatic nitrogens is 1. The van der Waals surface area contributed by atoms with Gasteiger partial charge in [0.1, 0.15) is 5.01 Å². The zero-order valence-electron chi connectivity index (χ0n) is 11.4. The molecule has 5 heteroatoms. The quantitative estimate of drug-likeness (QED) is 0.667. The molecule has 4 nitrogen and oxygen atoms in total. The van der Waals surface area contributed by atoms with Crippen molar-refractivity contribution in [2.75, 3.05) is 14.1 Å². The first-order chi connectivity index (χ1) is 9.24. The summed E-state index contributed by atoms with van der Waals surface area (Å²) >= 11 is 1.72. The average molecular weight is 274 g/mol. The van der Waals surface area contributed by atoms with Crippen LogP contribution < -0.4 is 10.6 Å². The van der Waals surface area contributed by atoms with Crippen molar-refractivity contribution in [3.63, 3.8) is 0 Å². The molecule has 0 saturated heterocycles. The fourth-order valence-electron chi connectivity index (χ4n) is 1.74. The van der Waals surface area contributed by atoms with Crippen LogP contribution in [0.5, 0.6) is 0 Å². The highest BCUT2D eigenvalue weighted by Gasteiger charge is 2.09. The molecule has 0 amide bonds. The third-order valence-electron chi connectivity index (χ3n) is 2.79. The standard InChI is InChI=1S/C14H18N4S/c1-10-12(9-17-14(15-2)16-3)19-13(18-10)11-7-5-4-6-8-11/h4-8H,9H2,1-3H3,(H2,15,16,17). The van der Waals surface area contributed by atoms with Gasteiger partial charge in [0, 0.05) is 24.5 Å². The lowest BCUT2D eigenvalue weighted by Crippen LogP contribution is -2.33. The van der Waals surface area contributed by atoms with Gasteiger partial charge in [-0.15, -0.1) is 11.3 Å². The van der Waals surface area contributed by atoms with Crippen LogP contribution >= 0.6 is 11.3 Å². The fourth-order valence-corrected chi connectivity index (χ4v) is 2.75. The lowest BCUT2D eigenvalue weighted by Gasteiger charge is -2.06. The van der Waals surface area contributed by atoms with E-state index < -0.39 is 0 Å². The van der Waals surface area contributed by atoms with Gasteiger partial charge < -0.3 is 10.6 Å². The molecule has 0 aliphatic rings. The van der Waals surface area contributed by atoms with E-state index in [1.165, 1.54) is 10.4 Å². The second-order valence-electron chi connectivity index (χ2n) is 4.07. The lowest BCUT2D eigenvalue weighted by molar-refractivity contribution is 0.870. The number of nitrogens with one attached hydrogen (secondary N) is 2. The van der Waals surface area contributed by atoms with Crippen molar-refractivity contribution in [2.45, 2.75) is 13.5 Å². The number of thiazole rings is 1. The van der Waals surface area contributed by atoms with Gasteiger partial charge in [0.05, 0.1) is 12.2 Å². The normalized spacial score (nSPS) is 11.4. The molecule has 0 aliphatic heterocycles. The molecule has 0 atom stereocenters. The maximum absolute atomic E-state index is 4.63. The minimum Gasteiger partial charge on any atom is -0.359 e. The van der Waals surface area contributed by atoms with Gasteiger partial charge in [-0.2, -0.15) is 0 Å². The number of nitrogens with zero attached hydrogens (tertiary/aromatic N) is 2. The maximum atomic E-state index is 4.63. The Morgan fingerprint density at radius 1 is 1.32 bits per heavy atom. The van der Waals surface area contributed by atoms with E-state index in [4.69, 9.17) is 0 Å². The summed E-state index contributed by atoms with van der Waals surface area (Å²) in [5.41, 5.74) is 2.24. The van der Waals surface area contributed by atoms with E-state index in [0.717, 1.165) is 23.2 Å². The average Bonchev–Trinajstić information content (AvgIpc) is 2.82. The van der Waals surface area contributed by atoms with Gasteiger partial charge in [-0.05, 0) is 6.92 Å². The topological polar surface area (TPSA) is 49.3 Å².